The molecule has 4 heteroatoms. The van der Waals surface area contributed by atoms with Crippen LogP contribution in [0.3, 0.4) is 0 Å². The fourth-order valence-electron chi connectivity index (χ4n) is 2.63. The van der Waals surface area contributed by atoms with Gasteiger partial charge < -0.3 is 10.1 Å². The lowest BCUT2D eigenvalue weighted by molar-refractivity contribution is 0.403. The SMILES string of the molecule is COc1nc2ccccn2c1Nc1ccc2ccccc2c1. The summed E-state index contributed by atoms with van der Waals surface area (Å²) in [4.78, 5) is 4.47. The maximum absolute atomic E-state index is 5.40. The van der Waals surface area contributed by atoms with Crippen LogP contribution in [0.15, 0.2) is 66.9 Å². The fraction of sp³-hybridized carbons (Fsp3) is 0.0556. The van der Waals surface area contributed by atoms with E-state index in [2.05, 4.69) is 40.6 Å². The zero-order valence-electron chi connectivity index (χ0n) is 12.2. The molecule has 1 N–H and O–H groups in total. The highest BCUT2D eigenvalue weighted by molar-refractivity contribution is 5.86. The Morgan fingerprint density at radius 1 is 0.955 bits per heavy atom. The summed E-state index contributed by atoms with van der Waals surface area (Å²) in [5, 5.41) is 5.83. The molecular weight excluding hydrogens is 274 g/mol. The van der Waals surface area contributed by atoms with Crippen molar-refractivity contribution in [3.05, 3.63) is 66.9 Å². The minimum atomic E-state index is 0.583. The summed E-state index contributed by atoms with van der Waals surface area (Å²) in [6, 6.07) is 20.5. The zero-order chi connectivity index (χ0) is 14.9. The van der Waals surface area contributed by atoms with Crippen LogP contribution in [0.25, 0.3) is 16.4 Å². The van der Waals surface area contributed by atoms with Crippen LogP contribution in [0, 0.1) is 0 Å². The van der Waals surface area contributed by atoms with Crippen LogP contribution in [0.1, 0.15) is 0 Å². The minimum Gasteiger partial charge on any atom is -0.478 e. The van der Waals surface area contributed by atoms with Gasteiger partial charge in [0.15, 0.2) is 5.82 Å². The summed E-state index contributed by atoms with van der Waals surface area (Å²) in [5.74, 6) is 1.41. The molecule has 0 unspecified atom stereocenters. The van der Waals surface area contributed by atoms with Crippen molar-refractivity contribution in [2.75, 3.05) is 12.4 Å². The lowest BCUT2D eigenvalue weighted by Gasteiger charge is -2.09. The van der Waals surface area contributed by atoms with Crippen molar-refractivity contribution in [2.45, 2.75) is 0 Å². The predicted octanol–water partition coefficient (Wildman–Crippen LogP) is 4.24. The second-order valence-corrected chi connectivity index (χ2v) is 5.09. The second-order valence-electron chi connectivity index (χ2n) is 5.09. The molecule has 108 valence electrons. The number of hydrogen-bond donors (Lipinski definition) is 1. The average Bonchev–Trinajstić information content (AvgIpc) is 2.93. The fourth-order valence-corrected chi connectivity index (χ4v) is 2.63. The van der Waals surface area contributed by atoms with Gasteiger partial charge in [-0.15, -0.1) is 0 Å². The molecule has 0 bridgehead atoms. The predicted molar refractivity (Wildman–Crippen MR) is 89.0 cm³/mol. The molecule has 4 nitrogen and oxygen atoms in total. The number of imidazole rings is 1. The average molecular weight is 289 g/mol. The Hall–Kier alpha value is -3.01. The molecule has 4 rings (SSSR count). The monoisotopic (exact) mass is 289 g/mol. The maximum Gasteiger partial charge on any atom is 0.258 e. The number of methoxy groups -OCH3 is 1. The van der Waals surface area contributed by atoms with Gasteiger partial charge in [0.1, 0.15) is 5.65 Å². The van der Waals surface area contributed by atoms with Crippen LogP contribution in [-0.4, -0.2) is 16.5 Å². The van der Waals surface area contributed by atoms with E-state index in [0.717, 1.165) is 17.2 Å². The highest BCUT2D eigenvalue weighted by Crippen LogP contribution is 2.29. The molecule has 4 aromatic rings. The Kier molecular flexibility index (Phi) is 2.93. The van der Waals surface area contributed by atoms with Crippen LogP contribution in [-0.2, 0) is 0 Å². The zero-order valence-corrected chi connectivity index (χ0v) is 12.2. The first-order chi connectivity index (χ1) is 10.8. The number of nitrogens with one attached hydrogen (secondary N) is 1. The van der Waals surface area contributed by atoms with Crippen molar-refractivity contribution in [1.82, 2.24) is 9.38 Å². The summed E-state index contributed by atoms with van der Waals surface area (Å²) in [6.07, 6.45) is 1.97. The molecular formula is C18H15N3O. The van der Waals surface area contributed by atoms with Crippen LogP contribution in [0.4, 0.5) is 11.5 Å². The molecule has 22 heavy (non-hydrogen) atoms. The van der Waals surface area contributed by atoms with Gasteiger partial charge >= 0.3 is 0 Å². The number of aromatic nitrogens is 2. The molecule has 2 aromatic heterocycles. The first kappa shape index (κ1) is 12.7. The lowest BCUT2D eigenvalue weighted by Crippen LogP contribution is -1.97. The normalized spacial score (nSPS) is 11.0. The van der Waals surface area contributed by atoms with E-state index in [1.807, 2.05) is 40.9 Å². The molecule has 0 aliphatic rings. The van der Waals surface area contributed by atoms with E-state index in [4.69, 9.17) is 4.74 Å². The standard InChI is InChI=1S/C18H15N3O/c1-22-18-17(21-11-5-4-8-16(21)20-18)19-15-10-9-13-6-2-3-7-14(13)12-15/h2-12,19H,1H3. The van der Waals surface area contributed by atoms with Gasteiger partial charge in [0.25, 0.3) is 5.88 Å². The van der Waals surface area contributed by atoms with E-state index in [1.54, 1.807) is 7.11 Å². The summed E-state index contributed by atoms with van der Waals surface area (Å²) >= 11 is 0. The van der Waals surface area contributed by atoms with Crippen LogP contribution in [0.5, 0.6) is 5.88 Å². The van der Waals surface area contributed by atoms with Gasteiger partial charge in [0, 0.05) is 11.9 Å². The molecule has 2 heterocycles. The number of fused-ring (bicyclic) bond motifs is 2. The third-order valence-electron chi connectivity index (χ3n) is 3.70. The Labute approximate surface area is 128 Å². The summed E-state index contributed by atoms with van der Waals surface area (Å²) in [7, 11) is 1.63. The molecule has 0 fully saturated rings. The topological polar surface area (TPSA) is 38.6 Å². The second kappa shape index (κ2) is 5.07. The molecule has 0 amide bonds. The quantitative estimate of drug-likeness (QED) is 0.613. The number of benzene rings is 2. The molecule has 0 saturated heterocycles. The number of anilines is 2. The van der Waals surface area contributed by atoms with Gasteiger partial charge in [-0.3, -0.25) is 4.40 Å². The number of hydrogen-bond acceptors (Lipinski definition) is 3. The van der Waals surface area contributed by atoms with Crippen molar-refractivity contribution in [3.63, 3.8) is 0 Å². The summed E-state index contributed by atoms with van der Waals surface area (Å²) in [6.45, 7) is 0. The van der Waals surface area contributed by atoms with E-state index in [1.165, 1.54) is 10.8 Å². The van der Waals surface area contributed by atoms with Crippen molar-refractivity contribution in [3.8, 4) is 5.88 Å². The molecule has 0 spiro atoms. The Bertz CT molecular complexity index is 959. The van der Waals surface area contributed by atoms with Crippen molar-refractivity contribution < 1.29 is 4.74 Å². The molecule has 2 aromatic carbocycles. The maximum atomic E-state index is 5.40. The van der Waals surface area contributed by atoms with Gasteiger partial charge in [-0.1, -0.05) is 36.4 Å². The van der Waals surface area contributed by atoms with Crippen LogP contribution in [0.2, 0.25) is 0 Å². The van der Waals surface area contributed by atoms with E-state index < -0.39 is 0 Å². The molecule has 0 aliphatic heterocycles. The largest absolute Gasteiger partial charge is 0.478 e. The summed E-state index contributed by atoms with van der Waals surface area (Å²) in [5.41, 5.74) is 1.85. The van der Waals surface area contributed by atoms with Gasteiger partial charge in [-0.05, 0) is 35.0 Å². The van der Waals surface area contributed by atoms with E-state index in [9.17, 15) is 0 Å². The number of ether oxygens (including phenoxy) is 1. The van der Waals surface area contributed by atoms with E-state index in [-0.39, 0.29) is 0 Å². The van der Waals surface area contributed by atoms with Crippen LogP contribution < -0.4 is 10.1 Å². The lowest BCUT2D eigenvalue weighted by atomic mass is 10.1. The summed E-state index contributed by atoms with van der Waals surface area (Å²) < 4.78 is 7.38. The Balaban J connectivity index is 1.81. The number of rotatable bonds is 3. The van der Waals surface area contributed by atoms with Crippen molar-refractivity contribution >= 4 is 27.9 Å². The van der Waals surface area contributed by atoms with Gasteiger partial charge in [0.05, 0.1) is 7.11 Å². The highest BCUT2D eigenvalue weighted by atomic mass is 16.5. The Morgan fingerprint density at radius 3 is 2.64 bits per heavy atom. The van der Waals surface area contributed by atoms with E-state index >= 15 is 0 Å². The van der Waals surface area contributed by atoms with Crippen molar-refractivity contribution in [1.29, 1.82) is 0 Å². The molecule has 0 atom stereocenters. The number of nitrogens with zero attached hydrogens (tertiary/aromatic N) is 2. The van der Waals surface area contributed by atoms with Crippen molar-refractivity contribution in [2.24, 2.45) is 0 Å². The van der Waals surface area contributed by atoms with Gasteiger partial charge in [0.2, 0.25) is 0 Å². The third kappa shape index (κ3) is 2.05. The first-order valence-electron chi connectivity index (χ1n) is 7.12. The molecule has 0 radical (unpaired) electrons. The van der Waals surface area contributed by atoms with Gasteiger partial charge in [-0.25, -0.2) is 0 Å². The highest BCUT2D eigenvalue weighted by Gasteiger charge is 2.12. The van der Waals surface area contributed by atoms with E-state index in [0.29, 0.717) is 5.88 Å². The number of pyridine rings is 1. The molecule has 0 saturated carbocycles. The Morgan fingerprint density at radius 2 is 1.77 bits per heavy atom. The van der Waals surface area contributed by atoms with Crippen LogP contribution >= 0.6 is 0 Å². The third-order valence-corrected chi connectivity index (χ3v) is 3.70. The minimum absolute atomic E-state index is 0.583. The van der Waals surface area contributed by atoms with Gasteiger partial charge in [-0.2, -0.15) is 4.98 Å². The smallest absolute Gasteiger partial charge is 0.258 e. The molecule has 0 aliphatic carbocycles. The first-order valence-corrected chi connectivity index (χ1v) is 7.12.